The fraction of sp³-hybridized carbons (Fsp3) is 0.240. The number of hydrogen-bond donors (Lipinski definition) is 1. The van der Waals surface area contributed by atoms with Crippen molar-refractivity contribution in [1.82, 2.24) is 4.90 Å². The summed E-state index contributed by atoms with van der Waals surface area (Å²) >= 11 is 0. The lowest BCUT2D eigenvalue weighted by molar-refractivity contribution is -0.117. The first-order valence-electron chi connectivity index (χ1n) is 10.2. The van der Waals surface area contributed by atoms with Crippen LogP contribution in [0, 0.1) is 6.92 Å². The average molecular weight is 386 g/mol. The first-order valence-corrected chi connectivity index (χ1v) is 10.2. The van der Waals surface area contributed by atoms with E-state index in [0.29, 0.717) is 6.54 Å². The summed E-state index contributed by atoms with van der Waals surface area (Å²) in [5.41, 5.74) is 5.62. The highest BCUT2D eigenvalue weighted by atomic mass is 16.2. The second-order valence-electron chi connectivity index (χ2n) is 7.51. The normalized spacial score (nSPS) is 14.6. The van der Waals surface area contributed by atoms with Crippen LogP contribution in [0.4, 0.5) is 11.4 Å². The van der Waals surface area contributed by atoms with Gasteiger partial charge in [0, 0.05) is 43.1 Å². The minimum atomic E-state index is 0.0396. The maximum atomic E-state index is 12.7. The molecule has 1 aliphatic rings. The molecule has 1 saturated heterocycles. The molecule has 1 aliphatic heterocycles. The number of anilines is 2. The van der Waals surface area contributed by atoms with Crippen LogP contribution in [0.3, 0.4) is 0 Å². The smallest absolute Gasteiger partial charge is 0.238 e. The van der Waals surface area contributed by atoms with Gasteiger partial charge in [-0.1, -0.05) is 66.7 Å². The molecule has 0 aromatic heterocycles. The van der Waals surface area contributed by atoms with Crippen LogP contribution >= 0.6 is 0 Å². The first-order chi connectivity index (χ1) is 14.2. The van der Waals surface area contributed by atoms with Gasteiger partial charge in [0.1, 0.15) is 0 Å². The fourth-order valence-electron chi connectivity index (χ4n) is 3.92. The van der Waals surface area contributed by atoms with Crippen molar-refractivity contribution >= 4 is 17.3 Å². The summed E-state index contributed by atoms with van der Waals surface area (Å²) in [5, 5.41) is 3.11. The van der Waals surface area contributed by atoms with Crippen LogP contribution < -0.4 is 10.2 Å². The average Bonchev–Trinajstić information content (AvgIpc) is 2.76. The Bertz CT molecular complexity index is 963. The van der Waals surface area contributed by atoms with Crippen molar-refractivity contribution in [3.05, 3.63) is 84.4 Å². The van der Waals surface area contributed by atoms with Crippen molar-refractivity contribution in [2.45, 2.75) is 6.92 Å². The molecule has 29 heavy (non-hydrogen) atoms. The van der Waals surface area contributed by atoms with E-state index in [2.05, 4.69) is 58.4 Å². The minimum absolute atomic E-state index is 0.0396. The molecule has 1 fully saturated rings. The zero-order valence-electron chi connectivity index (χ0n) is 16.8. The number of nitrogens with zero attached hydrogens (tertiary/aromatic N) is 2. The number of piperazine rings is 1. The van der Waals surface area contributed by atoms with Crippen molar-refractivity contribution in [1.29, 1.82) is 0 Å². The number of rotatable bonds is 5. The molecule has 148 valence electrons. The van der Waals surface area contributed by atoms with Gasteiger partial charge in [0.2, 0.25) is 5.91 Å². The molecular weight excluding hydrogens is 358 g/mol. The molecule has 4 heteroatoms. The highest BCUT2D eigenvalue weighted by Gasteiger charge is 2.20. The molecule has 0 spiro atoms. The molecule has 1 N–H and O–H groups in total. The van der Waals surface area contributed by atoms with E-state index in [0.717, 1.165) is 43.0 Å². The number of benzene rings is 3. The first kappa shape index (κ1) is 19.2. The quantitative estimate of drug-likeness (QED) is 0.706. The molecule has 1 heterocycles. The predicted molar refractivity (Wildman–Crippen MR) is 120 cm³/mol. The summed E-state index contributed by atoms with van der Waals surface area (Å²) in [5.74, 6) is 0.0396. The lowest BCUT2D eigenvalue weighted by Gasteiger charge is -2.36. The number of para-hydroxylation sites is 2. The summed E-state index contributed by atoms with van der Waals surface area (Å²) in [6.07, 6.45) is 0. The zero-order chi connectivity index (χ0) is 20.1. The summed E-state index contributed by atoms with van der Waals surface area (Å²) in [4.78, 5) is 17.3. The molecule has 4 rings (SSSR count). The summed E-state index contributed by atoms with van der Waals surface area (Å²) < 4.78 is 0. The van der Waals surface area contributed by atoms with Crippen molar-refractivity contribution in [3.63, 3.8) is 0 Å². The third-order valence-corrected chi connectivity index (χ3v) is 5.48. The van der Waals surface area contributed by atoms with Crippen LogP contribution in [0.25, 0.3) is 11.1 Å². The van der Waals surface area contributed by atoms with E-state index in [9.17, 15) is 4.79 Å². The van der Waals surface area contributed by atoms with Crippen LogP contribution in [-0.2, 0) is 4.79 Å². The van der Waals surface area contributed by atoms with Gasteiger partial charge in [0.05, 0.1) is 6.54 Å². The Morgan fingerprint density at radius 2 is 1.48 bits per heavy atom. The molecule has 3 aromatic carbocycles. The van der Waals surface area contributed by atoms with Crippen LogP contribution in [0.2, 0.25) is 0 Å². The molecule has 0 aliphatic carbocycles. The standard InChI is InChI=1S/C25H27N3O/c1-20-9-5-8-14-24(20)28-17-15-27(16-18-28)19-25(29)26-23-13-7-6-12-22(23)21-10-3-2-4-11-21/h2-14H,15-19H2,1H3,(H,26,29). The maximum Gasteiger partial charge on any atom is 0.238 e. The molecule has 0 unspecified atom stereocenters. The van der Waals surface area contributed by atoms with E-state index in [1.54, 1.807) is 0 Å². The van der Waals surface area contributed by atoms with Crippen LogP contribution in [0.5, 0.6) is 0 Å². The lowest BCUT2D eigenvalue weighted by atomic mass is 10.0. The number of carbonyl (C=O) groups excluding carboxylic acids is 1. The Morgan fingerprint density at radius 3 is 2.24 bits per heavy atom. The summed E-state index contributed by atoms with van der Waals surface area (Å²) in [7, 11) is 0. The van der Waals surface area contributed by atoms with E-state index in [1.165, 1.54) is 11.3 Å². The van der Waals surface area contributed by atoms with Crippen molar-refractivity contribution in [3.8, 4) is 11.1 Å². The second kappa shape index (κ2) is 8.93. The Kier molecular flexibility index (Phi) is 5.92. The highest BCUT2D eigenvalue weighted by molar-refractivity contribution is 5.96. The van der Waals surface area contributed by atoms with Gasteiger partial charge in [-0.15, -0.1) is 0 Å². The van der Waals surface area contributed by atoms with Crippen molar-refractivity contribution < 1.29 is 4.79 Å². The number of carbonyl (C=O) groups is 1. The minimum Gasteiger partial charge on any atom is -0.369 e. The van der Waals surface area contributed by atoms with E-state index < -0.39 is 0 Å². The molecule has 0 saturated carbocycles. The predicted octanol–water partition coefficient (Wildman–Crippen LogP) is 4.42. The molecule has 0 atom stereocenters. The van der Waals surface area contributed by atoms with Gasteiger partial charge in [0.25, 0.3) is 0 Å². The Hall–Kier alpha value is -3.11. The number of hydrogen-bond acceptors (Lipinski definition) is 3. The third-order valence-electron chi connectivity index (χ3n) is 5.48. The van der Waals surface area contributed by atoms with Crippen molar-refractivity contribution in [2.24, 2.45) is 0 Å². The molecule has 0 bridgehead atoms. The van der Waals surface area contributed by atoms with E-state index in [-0.39, 0.29) is 5.91 Å². The van der Waals surface area contributed by atoms with Crippen LogP contribution in [0.15, 0.2) is 78.9 Å². The second-order valence-corrected chi connectivity index (χ2v) is 7.51. The Morgan fingerprint density at radius 1 is 0.828 bits per heavy atom. The number of aryl methyl sites for hydroxylation is 1. The third kappa shape index (κ3) is 4.66. The fourth-order valence-corrected chi connectivity index (χ4v) is 3.92. The Balaban J connectivity index is 1.35. The monoisotopic (exact) mass is 385 g/mol. The molecule has 4 nitrogen and oxygen atoms in total. The maximum absolute atomic E-state index is 12.7. The van der Waals surface area contributed by atoms with Gasteiger partial charge in [-0.3, -0.25) is 9.69 Å². The molecule has 0 radical (unpaired) electrons. The van der Waals surface area contributed by atoms with Gasteiger partial charge in [-0.05, 0) is 30.2 Å². The molecule has 3 aromatic rings. The van der Waals surface area contributed by atoms with E-state index in [4.69, 9.17) is 0 Å². The van der Waals surface area contributed by atoms with Gasteiger partial charge >= 0.3 is 0 Å². The van der Waals surface area contributed by atoms with Gasteiger partial charge in [-0.2, -0.15) is 0 Å². The van der Waals surface area contributed by atoms with Crippen molar-refractivity contribution in [2.75, 3.05) is 42.9 Å². The Labute approximate surface area is 172 Å². The van der Waals surface area contributed by atoms with Gasteiger partial charge in [0.15, 0.2) is 0 Å². The lowest BCUT2D eigenvalue weighted by Crippen LogP contribution is -2.48. The van der Waals surface area contributed by atoms with E-state index in [1.807, 2.05) is 42.5 Å². The zero-order valence-corrected chi connectivity index (χ0v) is 16.8. The van der Waals surface area contributed by atoms with Gasteiger partial charge < -0.3 is 10.2 Å². The summed E-state index contributed by atoms with van der Waals surface area (Å²) in [6, 6.07) is 26.6. The van der Waals surface area contributed by atoms with Crippen LogP contribution in [-0.4, -0.2) is 43.5 Å². The molecule has 1 amide bonds. The van der Waals surface area contributed by atoms with E-state index >= 15 is 0 Å². The largest absolute Gasteiger partial charge is 0.369 e. The SMILES string of the molecule is Cc1ccccc1N1CCN(CC(=O)Nc2ccccc2-c2ccccc2)CC1. The van der Waals surface area contributed by atoms with Crippen LogP contribution in [0.1, 0.15) is 5.56 Å². The number of amides is 1. The van der Waals surface area contributed by atoms with Gasteiger partial charge in [-0.25, -0.2) is 0 Å². The topological polar surface area (TPSA) is 35.6 Å². The molecular formula is C25H27N3O. The highest BCUT2D eigenvalue weighted by Crippen LogP contribution is 2.27. The number of nitrogens with one attached hydrogen (secondary N) is 1. The summed E-state index contributed by atoms with van der Waals surface area (Å²) in [6.45, 7) is 6.24.